The largest absolute Gasteiger partial charge is 0.290 e. The van der Waals surface area contributed by atoms with Crippen molar-refractivity contribution in [2.45, 2.75) is 26.7 Å². The highest BCUT2D eigenvalue weighted by Gasteiger charge is 2.28. The van der Waals surface area contributed by atoms with Crippen LogP contribution in [0.25, 0.3) is 0 Å². The molecular formula is C24H27N3. The molecule has 138 valence electrons. The Kier molecular flexibility index (Phi) is 4.87. The summed E-state index contributed by atoms with van der Waals surface area (Å²) in [7, 11) is 0. The van der Waals surface area contributed by atoms with Crippen molar-refractivity contribution >= 4 is 11.4 Å². The van der Waals surface area contributed by atoms with Crippen LogP contribution in [0.4, 0.5) is 11.4 Å². The molecule has 0 amide bonds. The normalized spacial score (nSPS) is 15.2. The number of hydrazine groups is 2. The monoisotopic (exact) mass is 357 g/mol. The number of hydrogen-bond acceptors (Lipinski definition) is 3. The number of hydrogen-bond donors (Lipinski definition) is 1. The van der Waals surface area contributed by atoms with Crippen LogP contribution in [0.2, 0.25) is 0 Å². The minimum absolute atomic E-state index is 0.423. The molecule has 0 bridgehead atoms. The van der Waals surface area contributed by atoms with Crippen LogP contribution in [0.3, 0.4) is 0 Å². The number of nitrogens with zero attached hydrogens (tertiary/aromatic N) is 2. The van der Waals surface area contributed by atoms with Gasteiger partial charge in [0.05, 0.1) is 11.4 Å². The van der Waals surface area contributed by atoms with Gasteiger partial charge in [-0.05, 0) is 55.2 Å². The molecule has 27 heavy (non-hydrogen) atoms. The van der Waals surface area contributed by atoms with Gasteiger partial charge in [0, 0.05) is 19.0 Å². The SMILES string of the molecule is Cc1ccccc1C1CN(c2ccccc2C)NN(c2ccccc2C)C1. The van der Waals surface area contributed by atoms with Crippen LogP contribution < -0.4 is 15.6 Å². The van der Waals surface area contributed by atoms with Gasteiger partial charge in [-0.1, -0.05) is 60.7 Å². The van der Waals surface area contributed by atoms with Crippen molar-refractivity contribution in [2.75, 3.05) is 23.1 Å². The van der Waals surface area contributed by atoms with Gasteiger partial charge in [0.15, 0.2) is 0 Å². The molecule has 3 nitrogen and oxygen atoms in total. The van der Waals surface area contributed by atoms with Crippen LogP contribution in [0.5, 0.6) is 0 Å². The van der Waals surface area contributed by atoms with Gasteiger partial charge in [0.25, 0.3) is 0 Å². The summed E-state index contributed by atoms with van der Waals surface area (Å²) in [4.78, 5) is 0. The Bertz CT molecular complexity index is 806. The van der Waals surface area contributed by atoms with Crippen molar-refractivity contribution < 1.29 is 0 Å². The van der Waals surface area contributed by atoms with Crippen LogP contribution in [0.1, 0.15) is 28.2 Å². The first-order valence-electron chi connectivity index (χ1n) is 9.61. The number of aryl methyl sites for hydroxylation is 3. The zero-order valence-corrected chi connectivity index (χ0v) is 16.3. The van der Waals surface area contributed by atoms with Crippen molar-refractivity contribution in [1.82, 2.24) is 5.53 Å². The number of nitrogens with one attached hydrogen (secondary N) is 1. The lowest BCUT2D eigenvalue weighted by Crippen LogP contribution is -2.59. The van der Waals surface area contributed by atoms with E-state index < -0.39 is 0 Å². The van der Waals surface area contributed by atoms with E-state index in [9.17, 15) is 0 Å². The summed E-state index contributed by atoms with van der Waals surface area (Å²) in [6, 6.07) is 25.9. The second-order valence-corrected chi connectivity index (χ2v) is 7.45. The summed E-state index contributed by atoms with van der Waals surface area (Å²) in [6.07, 6.45) is 0. The molecule has 0 aromatic heterocycles. The third-order valence-corrected chi connectivity index (χ3v) is 5.49. The second kappa shape index (κ2) is 7.45. The number of para-hydroxylation sites is 2. The fourth-order valence-corrected chi connectivity index (χ4v) is 4.00. The lowest BCUT2D eigenvalue weighted by Gasteiger charge is -2.44. The van der Waals surface area contributed by atoms with Crippen LogP contribution in [0.15, 0.2) is 72.8 Å². The minimum Gasteiger partial charge on any atom is -0.290 e. The van der Waals surface area contributed by atoms with E-state index >= 15 is 0 Å². The number of benzene rings is 3. The van der Waals surface area contributed by atoms with E-state index in [0.717, 1.165) is 13.1 Å². The van der Waals surface area contributed by atoms with Crippen molar-refractivity contribution in [3.63, 3.8) is 0 Å². The summed E-state index contributed by atoms with van der Waals surface area (Å²) >= 11 is 0. The molecule has 1 aliphatic rings. The predicted octanol–water partition coefficient (Wildman–Crippen LogP) is 5.14. The summed E-state index contributed by atoms with van der Waals surface area (Å²) in [5.41, 5.74) is 11.5. The van der Waals surface area contributed by atoms with E-state index in [1.165, 1.54) is 33.6 Å². The molecule has 0 atom stereocenters. The summed E-state index contributed by atoms with van der Waals surface area (Å²) < 4.78 is 0. The van der Waals surface area contributed by atoms with Gasteiger partial charge < -0.3 is 0 Å². The quantitative estimate of drug-likeness (QED) is 0.700. The van der Waals surface area contributed by atoms with Gasteiger partial charge in [-0.15, -0.1) is 5.53 Å². The smallest absolute Gasteiger partial charge is 0.0566 e. The van der Waals surface area contributed by atoms with Gasteiger partial charge in [-0.3, -0.25) is 10.0 Å². The molecule has 0 radical (unpaired) electrons. The summed E-state index contributed by atoms with van der Waals surface area (Å²) in [5, 5.41) is 4.59. The zero-order chi connectivity index (χ0) is 18.8. The maximum Gasteiger partial charge on any atom is 0.0566 e. The highest BCUT2D eigenvalue weighted by molar-refractivity contribution is 5.58. The van der Waals surface area contributed by atoms with Gasteiger partial charge >= 0.3 is 0 Å². The van der Waals surface area contributed by atoms with Crippen LogP contribution in [-0.2, 0) is 0 Å². The van der Waals surface area contributed by atoms with Gasteiger partial charge in [-0.2, -0.15) is 0 Å². The Morgan fingerprint density at radius 1 is 0.630 bits per heavy atom. The van der Waals surface area contributed by atoms with Gasteiger partial charge in [0.2, 0.25) is 0 Å². The minimum atomic E-state index is 0.423. The standard InChI is InChI=1S/C24H27N3/c1-18-10-4-7-13-22(18)21-16-26(23-14-8-5-11-19(23)2)25-27(17-21)24-15-9-6-12-20(24)3/h4-15,21,25H,16-17H2,1-3H3. The molecule has 1 fully saturated rings. The van der Waals surface area contributed by atoms with Crippen molar-refractivity contribution in [3.8, 4) is 0 Å². The lowest BCUT2D eigenvalue weighted by atomic mass is 9.93. The molecule has 3 aromatic rings. The van der Waals surface area contributed by atoms with Crippen LogP contribution in [0, 0.1) is 20.8 Å². The molecule has 1 aliphatic heterocycles. The highest BCUT2D eigenvalue weighted by Crippen LogP contribution is 2.31. The Balaban J connectivity index is 1.74. The first-order chi connectivity index (χ1) is 13.1. The van der Waals surface area contributed by atoms with Crippen LogP contribution in [-0.4, -0.2) is 13.1 Å². The van der Waals surface area contributed by atoms with E-state index in [2.05, 4.69) is 109 Å². The Labute approximate surface area is 162 Å². The molecule has 0 unspecified atom stereocenters. The number of anilines is 2. The second-order valence-electron chi connectivity index (χ2n) is 7.45. The predicted molar refractivity (Wildman–Crippen MR) is 114 cm³/mol. The molecular weight excluding hydrogens is 330 g/mol. The number of rotatable bonds is 3. The summed E-state index contributed by atoms with van der Waals surface area (Å²) in [6.45, 7) is 8.45. The first-order valence-corrected chi connectivity index (χ1v) is 9.61. The molecule has 4 rings (SSSR count). The Morgan fingerprint density at radius 3 is 1.56 bits per heavy atom. The molecule has 0 aliphatic carbocycles. The fourth-order valence-electron chi connectivity index (χ4n) is 4.00. The molecule has 1 N–H and O–H groups in total. The maximum absolute atomic E-state index is 3.65. The zero-order valence-electron chi connectivity index (χ0n) is 16.3. The Hall–Kier alpha value is -2.78. The molecule has 0 spiro atoms. The van der Waals surface area contributed by atoms with Crippen molar-refractivity contribution in [1.29, 1.82) is 0 Å². The third-order valence-electron chi connectivity index (χ3n) is 5.49. The van der Waals surface area contributed by atoms with Gasteiger partial charge in [0.1, 0.15) is 0 Å². The Morgan fingerprint density at radius 2 is 1.07 bits per heavy atom. The maximum atomic E-state index is 3.65. The topological polar surface area (TPSA) is 18.5 Å². The average molecular weight is 358 g/mol. The molecule has 1 saturated heterocycles. The van der Waals surface area contributed by atoms with Crippen molar-refractivity contribution in [3.05, 3.63) is 95.1 Å². The lowest BCUT2D eigenvalue weighted by molar-refractivity contribution is 0.455. The van der Waals surface area contributed by atoms with Gasteiger partial charge in [-0.25, -0.2) is 0 Å². The van der Waals surface area contributed by atoms with Crippen molar-refractivity contribution in [2.24, 2.45) is 0 Å². The highest BCUT2D eigenvalue weighted by atomic mass is 15.8. The average Bonchev–Trinajstić information content (AvgIpc) is 2.69. The van der Waals surface area contributed by atoms with E-state index in [4.69, 9.17) is 0 Å². The molecule has 3 heteroatoms. The van der Waals surface area contributed by atoms with E-state index in [-0.39, 0.29) is 0 Å². The fraction of sp³-hybridized carbons (Fsp3) is 0.250. The molecule has 3 aromatic carbocycles. The summed E-state index contributed by atoms with van der Waals surface area (Å²) in [5.74, 6) is 0.423. The third kappa shape index (κ3) is 3.56. The van der Waals surface area contributed by atoms with E-state index in [1.807, 2.05) is 0 Å². The first kappa shape index (κ1) is 17.6. The molecule has 0 saturated carbocycles. The van der Waals surface area contributed by atoms with E-state index in [0.29, 0.717) is 5.92 Å². The van der Waals surface area contributed by atoms with Crippen LogP contribution >= 0.6 is 0 Å². The van der Waals surface area contributed by atoms with E-state index in [1.54, 1.807) is 0 Å². The molecule has 1 heterocycles.